The summed E-state index contributed by atoms with van der Waals surface area (Å²) in [4.78, 5) is 0. The summed E-state index contributed by atoms with van der Waals surface area (Å²) in [6.07, 6.45) is 4.86. The molecule has 18 heavy (non-hydrogen) atoms. The van der Waals surface area contributed by atoms with Crippen molar-refractivity contribution in [2.45, 2.75) is 69.9 Å². The third-order valence-electron chi connectivity index (χ3n) is 5.54. The molecule has 1 aliphatic carbocycles. The first kappa shape index (κ1) is 13.0. The number of ether oxygens (including phenoxy) is 1. The minimum Gasteiger partial charge on any atom is -0.403 e. The van der Waals surface area contributed by atoms with Gasteiger partial charge in [0.2, 0.25) is 0 Å². The van der Waals surface area contributed by atoms with Crippen LogP contribution in [0.3, 0.4) is 0 Å². The van der Waals surface area contributed by atoms with E-state index in [-0.39, 0.29) is 23.6 Å². The predicted octanol–water partition coefficient (Wildman–Crippen LogP) is 3.04. The summed E-state index contributed by atoms with van der Waals surface area (Å²) in [6, 6.07) is 0. The Hall–Kier alpha value is -0.0551. The summed E-state index contributed by atoms with van der Waals surface area (Å²) in [5.41, 5.74) is -0.421. The Balaban J connectivity index is 1.84. The molecule has 2 saturated heterocycles. The molecule has 0 radical (unpaired) electrons. The van der Waals surface area contributed by atoms with Gasteiger partial charge < -0.3 is 14.0 Å². The molecular formula is C14H25BO3. The van der Waals surface area contributed by atoms with Crippen LogP contribution in [0.25, 0.3) is 0 Å². The van der Waals surface area contributed by atoms with Crippen LogP contribution in [-0.2, 0) is 14.0 Å². The highest BCUT2D eigenvalue weighted by atomic mass is 16.7. The normalized spacial score (nSPS) is 33.7. The maximum absolute atomic E-state index is 6.33. The van der Waals surface area contributed by atoms with Crippen LogP contribution in [0.2, 0.25) is 5.31 Å². The molecule has 3 aliphatic rings. The largest absolute Gasteiger partial charge is 0.464 e. The van der Waals surface area contributed by atoms with Crippen LogP contribution in [-0.4, -0.2) is 31.5 Å². The van der Waals surface area contributed by atoms with Crippen LogP contribution in [0.4, 0.5) is 0 Å². The fraction of sp³-hybridized carbons (Fsp3) is 1.00. The maximum atomic E-state index is 6.33. The first-order valence-electron chi connectivity index (χ1n) is 7.31. The second-order valence-corrected chi connectivity index (χ2v) is 7.21. The minimum atomic E-state index is -0.210. The quantitative estimate of drug-likeness (QED) is 0.707. The third-order valence-corrected chi connectivity index (χ3v) is 5.54. The van der Waals surface area contributed by atoms with Crippen LogP contribution < -0.4 is 0 Å². The van der Waals surface area contributed by atoms with Crippen molar-refractivity contribution in [3.05, 3.63) is 0 Å². The molecule has 3 fully saturated rings. The summed E-state index contributed by atoms with van der Waals surface area (Å²) >= 11 is 0. The van der Waals surface area contributed by atoms with Crippen molar-refractivity contribution in [3.8, 4) is 0 Å². The average Bonchev–Trinajstić information content (AvgIpc) is 3.09. The van der Waals surface area contributed by atoms with Crippen molar-refractivity contribution in [2.75, 3.05) is 13.2 Å². The lowest BCUT2D eigenvalue weighted by Gasteiger charge is -2.38. The van der Waals surface area contributed by atoms with Gasteiger partial charge in [0.1, 0.15) is 0 Å². The van der Waals surface area contributed by atoms with Crippen LogP contribution in [0, 0.1) is 5.92 Å². The van der Waals surface area contributed by atoms with Gasteiger partial charge in [-0.3, -0.25) is 0 Å². The topological polar surface area (TPSA) is 27.7 Å². The van der Waals surface area contributed by atoms with E-state index in [0.29, 0.717) is 0 Å². The summed E-state index contributed by atoms with van der Waals surface area (Å²) in [6.45, 7) is 10.3. The van der Waals surface area contributed by atoms with E-state index in [4.69, 9.17) is 14.0 Å². The second-order valence-electron chi connectivity index (χ2n) is 7.21. The SMILES string of the molecule is CC1(C)OB(C2(C3CC3)CCOCC2)OC1(C)C. The Kier molecular flexibility index (Phi) is 2.86. The molecule has 0 spiro atoms. The Labute approximate surface area is 111 Å². The number of hydrogen-bond acceptors (Lipinski definition) is 3. The molecule has 0 N–H and O–H groups in total. The van der Waals surface area contributed by atoms with E-state index in [1.807, 2.05) is 0 Å². The van der Waals surface area contributed by atoms with Crippen molar-refractivity contribution in [3.63, 3.8) is 0 Å². The van der Waals surface area contributed by atoms with Crippen molar-refractivity contribution < 1.29 is 14.0 Å². The van der Waals surface area contributed by atoms with Gasteiger partial charge in [0, 0.05) is 18.5 Å². The van der Waals surface area contributed by atoms with E-state index in [9.17, 15) is 0 Å². The molecule has 0 aromatic rings. The first-order chi connectivity index (χ1) is 8.37. The average molecular weight is 252 g/mol. The number of hydrogen-bond donors (Lipinski definition) is 0. The lowest BCUT2D eigenvalue weighted by molar-refractivity contribution is 0.00578. The van der Waals surface area contributed by atoms with Crippen molar-refractivity contribution in [1.29, 1.82) is 0 Å². The first-order valence-corrected chi connectivity index (χ1v) is 7.31. The van der Waals surface area contributed by atoms with E-state index < -0.39 is 0 Å². The van der Waals surface area contributed by atoms with Crippen molar-refractivity contribution in [1.82, 2.24) is 0 Å². The van der Waals surface area contributed by atoms with E-state index in [1.54, 1.807) is 0 Å². The predicted molar refractivity (Wildman–Crippen MR) is 71.6 cm³/mol. The molecule has 0 aromatic heterocycles. The van der Waals surface area contributed by atoms with Crippen molar-refractivity contribution in [2.24, 2.45) is 5.92 Å². The second kappa shape index (κ2) is 3.97. The minimum absolute atomic E-state index is 0.0427. The molecule has 3 rings (SSSR count). The fourth-order valence-corrected chi connectivity index (χ4v) is 3.32. The van der Waals surface area contributed by atoms with Crippen LogP contribution in [0.5, 0.6) is 0 Å². The Morgan fingerprint density at radius 2 is 1.39 bits per heavy atom. The van der Waals surface area contributed by atoms with E-state index in [2.05, 4.69) is 27.7 Å². The van der Waals surface area contributed by atoms with Gasteiger partial charge in [-0.25, -0.2) is 0 Å². The highest BCUT2D eigenvalue weighted by Gasteiger charge is 2.63. The zero-order valence-corrected chi connectivity index (χ0v) is 12.1. The maximum Gasteiger partial charge on any atom is 0.464 e. The van der Waals surface area contributed by atoms with Crippen LogP contribution in [0.1, 0.15) is 53.4 Å². The molecule has 0 aromatic carbocycles. The molecule has 0 bridgehead atoms. The van der Waals surface area contributed by atoms with Gasteiger partial charge in [-0.2, -0.15) is 0 Å². The zero-order chi connectivity index (χ0) is 13.0. The van der Waals surface area contributed by atoms with Gasteiger partial charge in [-0.1, -0.05) is 12.8 Å². The van der Waals surface area contributed by atoms with Crippen molar-refractivity contribution >= 4 is 7.12 Å². The molecule has 4 heteroatoms. The van der Waals surface area contributed by atoms with Crippen LogP contribution >= 0.6 is 0 Å². The zero-order valence-electron chi connectivity index (χ0n) is 12.1. The molecule has 2 aliphatic heterocycles. The van der Waals surface area contributed by atoms with E-state index in [0.717, 1.165) is 32.0 Å². The Morgan fingerprint density at radius 1 is 0.889 bits per heavy atom. The molecule has 0 atom stereocenters. The smallest absolute Gasteiger partial charge is 0.403 e. The summed E-state index contributed by atoms with van der Waals surface area (Å²) in [7, 11) is -0.0427. The van der Waals surface area contributed by atoms with E-state index in [1.165, 1.54) is 12.8 Å². The van der Waals surface area contributed by atoms with Gasteiger partial charge in [-0.15, -0.1) is 0 Å². The molecule has 0 unspecified atom stereocenters. The van der Waals surface area contributed by atoms with Gasteiger partial charge in [0.05, 0.1) is 11.2 Å². The lowest BCUT2D eigenvalue weighted by atomic mass is 9.50. The third kappa shape index (κ3) is 1.84. The van der Waals surface area contributed by atoms with Gasteiger partial charge in [0.25, 0.3) is 0 Å². The Bertz CT molecular complexity index is 314. The monoisotopic (exact) mass is 252 g/mol. The Morgan fingerprint density at radius 3 is 1.83 bits per heavy atom. The molecular weight excluding hydrogens is 227 g/mol. The lowest BCUT2D eigenvalue weighted by Crippen LogP contribution is -2.42. The molecule has 0 amide bonds. The summed E-state index contributed by atoms with van der Waals surface area (Å²) < 4.78 is 18.2. The highest BCUT2D eigenvalue weighted by Crippen LogP contribution is 2.61. The summed E-state index contributed by atoms with van der Waals surface area (Å²) in [5, 5.41) is 0.212. The van der Waals surface area contributed by atoms with Gasteiger partial charge in [-0.05, 0) is 46.5 Å². The number of rotatable bonds is 2. The van der Waals surface area contributed by atoms with Gasteiger partial charge >= 0.3 is 7.12 Å². The van der Waals surface area contributed by atoms with E-state index >= 15 is 0 Å². The standard InChI is InChI=1S/C14H25BO3/c1-12(2)13(3,4)18-15(17-12)14(11-5-6-11)7-9-16-10-8-14/h11H,5-10H2,1-4H3. The summed E-state index contributed by atoms with van der Waals surface area (Å²) in [5.74, 6) is 0.788. The van der Waals surface area contributed by atoms with Crippen LogP contribution in [0.15, 0.2) is 0 Å². The van der Waals surface area contributed by atoms with Gasteiger partial charge in [0.15, 0.2) is 0 Å². The molecule has 2 heterocycles. The fourth-order valence-electron chi connectivity index (χ4n) is 3.32. The highest BCUT2D eigenvalue weighted by molar-refractivity contribution is 6.50. The molecule has 1 saturated carbocycles. The molecule has 3 nitrogen and oxygen atoms in total. The molecule has 102 valence electrons.